The molecule has 0 radical (unpaired) electrons. The molecule has 3 aromatic rings. The number of rotatable bonds is 9. The lowest BCUT2D eigenvalue weighted by Gasteiger charge is -2.17. The molecule has 0 saturated heterocycles. The summed E-state index contributed by atoms with van der Waals surface area (Å²) in [5, 5.41) is 2.46. The van der Waals surface area contributed by atoms with Crippen LogP contribution >= 0.6 is 11.3 Å². The van der Waals surface area contributed by atoms with Crippen LogP contribution in [0.1, 0.15) is 46.6 Å². The lowest BCUT2D eigenvalue weighted by Crippen LogP contribution is -2.31. The lowest BCUT2D eigenvalue weighted by molar-refractivity contribution is -0.149. The summed E-state index contributed by atoms with van der Waals surface area (Å²) >= 11 is 1.42. The first-order chi connectivity index (χ1) is 14.5. The Labute approximate surface area is 180 Å². The van der Waals surface area contributed by atoms with Crippen molar-refractivity contribution in [1.82, 2.24) is 9.55 Å². The highest BCUT2D eigenvalue weighted by Gasteiger charge is 2.24. The summed E-state index contributed by atoms with van der Waals surface area (Å²) in [6, 6.07) is 7.00. The molecule has 0 bridgehead atoms. The second-order valence-corrected chi connectivity index (χ2v) is 8.47. The van der Waals surface area contributed by atoms with Crippen LogP contribution in [0.4, 0.5) is 0 Å². The molecule has 0 spiro atoms. The smallest absolute Gasteiger partial charge is 0.329 e. The van der Waals surface area contributed by atoms with E-state index in [0.29, 0.717) is 29.9 Å². The number of thiophene rings is 1. The average Bonchev–Trinajstić information content (AvgIpc) is 3.18. The van der Waals surface area contributed by atoms with E-state index in [4.69, 9.17) is 9.47 Å². The Morgan fingerprint density at radius 2 is 1.93 bits per heavy atom. The molecule has 1 atom stereocenters. The van der Waals surface area contributed by atoms with Crippen LogP contribution < -0.4 is 10.3 Å². The molecule has 0 aliphatic rings. The molecule has 3 rings (SSSR count). The van der Waals surface area contributed by atoms with Gasteiger partial charge >= 0.3 is 5.97 Å². The maximum absolute atomic E-state index is 13.3. The molecule has 7 heteroatoms. The molecule has 1 aromatic carbocycles. The van der Waals surface area contributed by atoms with Gasteiger partial charge in [-0.25, -0.2) is 9.78 Å². The number of hydrogen-bond donors (Lipinski definition) is 0. The van der Waals surface area contributed by atoms with Gasteiger partial charge in [-0.05, 0) is 36.5 Å². The number of esters is 1. The molecule has 0 aliphatic carbocycles. The quantitative estimate of drug-likeness (QED) is 0.445. The Kier molecular flexibility index (Phi) is 7.26. The second-order valence-electron chi connectivity index (χ2n) is 7.61. The average molecular weight is 429 g/mol. The minimum Gasteiger partial charge on any atom is -0.494 e. The lowest BCUT2D eigenvalue weighted by atomic mass is 10.1. The molecular weight excluding hydrogens is 400 g/mol. The number of ether oxygens (including phenoxy) is 2. The first-order valence-electron chi connectivity index (χ1n) is 10.3. The van der Waals surface area contributed by atoms with E-state index in [1.54, 1.807) is 0 Å². The Morgan fingerprint density at radius 1 is 1.20 bits per heavy atom. The van der Waals surface area contributed by atoms with E-state index in [1.807, 2.05) is 50.4 Å². The molecule has 2 heterocycles. The van der Waals surface area contributed by atoms with Crippen LogP contribution in [0.3, 0.4) is 0 Å². The van der Waals surface area contributed by atoms with Crippen molar-refractivity contribution in [3.05, 3.63) is 46.3 Å². The minimum atomic E-state index is -0.689. The molecule has 2 aromatic heterocycles. The van der Waals surface area contributed by atoms with Gasteiger partial charge in [-0.2, -0.15) is 0 Å². The number of benzene rings is 1. The van der Waals surface area contributed by atoms with E-state index >= 15 is 0 Å². The number of nitrogens with zero attached hydrogens (tertiary/aromatic N) is 2. The van der Waals surface area contributed by atoms with Crippen molar-refractivity contribution in [1.29, 1.82) is 0 Å². The SMILES string of the molecule is CCCOc1ccc(-c2csc3ncn(C(CC)C(=O)OCC(C)C)c(=O)c23)cc1. The number of carbonyl (C=O) groups is 1. The van der Waals surface area contributed by atoms with Crippen LogP contribution in [0, 0.1) is 5.92 Å². The van der Waals surface area contributed by atoms with E-state index in [2.05, 4.69) is 11.9 Å². The molecule has 0 saturated carbocycles. The zero-order chi connectivity index (χ0) is 21.7. The van der Waals surface area contributed by atoms with Crippen LogP contribution in [0.5, 0.6) is 5.75 Å². The molecule has 0 amide bonds. The highest BCUT2D eigenvalue weighted by Crippen LogP contribution is 2.32. The van der Waals surface area contributed by atoms with Crippen molar-refractivity contribution in [3.63, 3.8) is 0 Å². The van der Waals surface area contributed by atoms with E-state index in [-0.39, 0.29) is 11.5 Å². The maximum Gasteiger partial charge on any atom is 0.329 e. The topological polar surface area (TPSA) is 70.4 Å². The zero-order valence-corrected chi connectivity index (χ0v) is 18.7. The fourth-order valence-electron chi connectivity index (χ4n) is 3.15. The Balaban J connectivity index is 1.97. The number of hydrogen-bond acceptors (Lipinski definition) is 6. The zero-order valence-electron chi connectivity index (χ0n) is 17.9. The van der Waals surface area contributed by atoms with Crippen molar-refractivity contribution in [2.45, 2.75) is 46.6 Å². The summed E-state index contributed by atoms with van der Waals surface area (Å²) in [5.41, 5.74) is 1.50. The van der Waals surface area contributed by atoms with E-state index in [1.165, 1.54) is 22.2 Å². The normalized spacial score (nSPS) is 12.3. The largest absolute Gasteiger partial charge is 0.494 e. The van der Waals surface area contributed by atoms with Crippen LogP contribution in [-0.2, 0) is 9.53 Å². The maximum atomic E-state index is 13.3. The third-order valence-electron chi connectivity index (χ3n) is 4.71. The third-order valence-corrected chi connectivity index (χ3v) is 5.60. The predicted molar refractivity (Wildman–Crippen MR) is 120 cm³/mol. The first kappa shape index (κ1) is 22.0. The predicted octanol–water partition coefficient (Wildman–Crippen LogP) is 5.06. The standard InChI is InChI=1S/C23H28N2O4S/c1-5-11-28-17-9-7-16(8-10-17)18-13-30-21-20(18)22(26)25(14-24-21)19(6-2)23(27)29-12-15(3)4/h7-10,13-15,19H,5-6,11-12H2,1-4H3. The van der Waals surface area contributed by atoms with Gasteiger partial charge in [-0.3, -0.25) is 9.36 Å². The van der Waals surface area contributed by atoms with Gasteiger partial charge in [0.05, 0.1) is 24.9 Å². The van der Waals surface area contributed by atoms with Crippen molar-refractivity contribution in [2.24, 2.45) is 5.92 Å². The van der Waals surface area contributed by atoms with Gasteiger partial charge in [-0.1, -0.05) is 39.8 Å². The van der Waals surface area contributed by atoms with Crippen molar-refractivity contribution >= 4 is 27.5 Å². The molecule has 1 unspecified atom stereocenters. The van der Waals surface area contributed by atoms with Gasteiger partial charge in [0.15, 0.2) is 0 Å². The summed E-state index contributed by atoms with van der Waals surface area (Å²) in [6.45, 7) is 8.87. The second kappa shape index (κ2) is 9.89. The Bertz CT molecular complexity index is 1050. The van der Waals surface area contributed by atoms with Crippen LogP contribution in [-0.4, -0.2) is 28.7 Å². The van der Waals surface area contributed by atoms with Gasteiger partial charge in [0.1, 0.15) is 16.6 Å². The minimum absolute atomic E-state index is 0.226. The Morgan fingerprint density at radius 3 is 2.57 bits per heavy atom. The van der Waals surface area contributed by atoms with Crippen molar-refractivity contribution < 1.29 is 14.3 Å². The molecule has 0 fully saturated rings. The van der Waals surface area contributed by atoms with E-state index in [9.17, 15) is 9.59 Å². The van der Waals surface area contributed by atoms with Crippen LogP contribution in [0.15, 0.2) is 40.8 Å². The molecule has 0 N–H and O–H groups in total. The van der Waals surface area contributed by atoms with Crippen molar-refractivity contribution in [2.75, 3.05) is 13.2 Å². The summed E-state index contributed by atoms with van der Waals surface area (Å²) in [5.74, 6) is 0.634. The van der Waals surface area contributed by atoms with Gasteiger partial charge in [0.2, 0.25) is 0 Å². The van der Waals surface area contributed by atoms with Crippen LogP contribution in [0.25, 0.3) is 21.3 Å². The summed E-state index contributed by atoms with van der Waals surface area (Å²) < 4.78 is 12.4. The third kappa shape index (κ3) is 4.73. The number of fused-ring (bicyclic) bond motifs is 1. The molecular formula is C23H28N2O4S. The van der Waals surface area contributed by atoms with Gasteiger partial charge < -0.3 is 9.47 Å². The summed E-state index contributed by atoms with van der Waals surface area (Å²) in [7, 11) is 0. The van der Waals surface area contributed by atoms with E-state index < -0.39 is 12.0 Å². The number of carbonyl (C=O) groups excluding carboxylic acids is 1. The summed E-state index contributed by atoms with van der Waals surface area (Å²) in [6.07, 6.45) is 2.85. The number of aromatic nitrogens is 2. The fraction of sp³-hybridized carbons (Fsp3) is 0.435. The fourth-order valence-corrected chi connectivity index (χ4v) is 4.06. The highest BCUT2D eigenvalue weighted by atomic mass is 32.1. The van der Waals surface area contributed by atoms with Gasteiger partial charge in [0.25, 0.3) is 5.56 Å². The van der Waals surface area contributed by atoms with Gasteiger partial charge in [-0.15, -0.1) is 11.3 Å². The molecule has 0 aliphatic heterocycles. The summed E-state index contributed by atoms with van der Waals surface area (Å²) in [4.78, 5) is 31.0. The van der Waals surface area contributed by atoms with Crippen LogP contribution in [0.2, 0.25) is 0 Å². The molecule has 30 heavy (non-hydrogen) atoms. The monoisotopic (exact) mass is 428 g/mol. The highest BCUT2D eigenvalue weighted by molar-refractivity contribution is 7.17. The molecule has 160 valence electrons. The van der Waals surface area contributed by atoms with Crippen molar-refractivity contribution in [3.8, 4) is 16.9 Å². The first-order valence-corrected chi connectivity index (χ1v) is 11.2. The molecule has 6 nitrogen and oxygen atoms in total. The Hall–Kier alpha value is -2.67. The van der Waals surface area contributed by atoms with E-state index in [0.717, 1.165) is 23.3 Å². The van der Waals surface area contributed by atoms with Gasteiger partial charge in [0, 0.05) is 10.9 Å².